The highest BCUT2D eigenvalue weighted by Gasteiger charge is 2.29. The van der Waals surface area contributed by atoms with Crippen molar-refractivity contribution >= 4 is 8.03 Å². The lowest BCUT2D eigenvalue weighted by Crippen LogP contribution is -2.01. The van der Waals surface area contributed by atoms with Crippen LogP contribution in [0.3, 0.4) is 0 Å². The van der Waals surface area contributed by atoms with E-state index in [0.29, 0.717) is 12.6 Å². The minimum absolute atomic E-state index is 0.222. The molecule has 2 N–H and O–H groups in total. The van der Waals surface area contributed by atoms with Gasteiger partial charge < -0.3 is 5.11 Å². The molecule has 0 spiro atoms. The molecule has 0 bridgehead atoms. The maximum absolute atomic E-state index is 10.3. The van der Waals surface area contributed by atoms with Crippen LogP contribution >= 0.6 is 8.03 Å². The van der Waals surface area contributed by atoms with Crippen LogP contribution in [0.2, 0.25) is 0 Å². The molecule has 4 heteroatoms. The molecule has 10 heavy (non-hydrogen) atoms. The first-order valence-electron chi connectivity index (χ1n) is 3.50. The zero-order chi connectivity index (χ0) is 7.56. The van der Waals surface area contributed by atoms with Gasteiger partial charge in [0.2, 0.25) is 0 Å². The van der Waals surface area contributed by atoms with Crippen molar-refractivity contribution in [1.29, 1.82) is 0 Å². The Morgan fingerprint density at radius 1 is 1.50 bits per heavy atom. The fraction of sp³-hybridized carbons (Fsp3) is 1.00. The van der Waals surface area contributed by atoms with Gasteiger partial charge in [-0.1, -0.05) is 0 Å². The van der Waals surface area contributed by atoms with E-state index >= 15 is 0 Å². The van der Waals surface area contributed by atoms with Crippen molar-refractivity contribution < 1.29 is 14.6 Å². The highest BCUT2D eigenvalue weighted by Crippen LogP contribution is 2.31. The first-order valence-corrected chi connectivity index (χ1v) is 4.90. The average Bonchev–Trinajstić information content (AvgIpc) is 2.13. The summed E-state index contributed by atoms with van der Waals surface area (Å²) >= 11 is 0. The Kier molecular flexibility index (Phi) is 2.78. The number of hydrogen-bond acceptors (Lipinski definition) is 2. The van der Waals surface area contributed by atoms with Crippen LogP contribution in [-0.2, 0) is 4.57 Å². The molecule has 0 aromatic heterocycles. The van der Waals surface area contributed by atoms with Crippen molar-refractivity contribution in [2.45, 2.75) is 25.4 Å². The molecule has 0 heterocycles. The largest absolute Gasteiger partial charge is 0.505 e. The van der Waals surface area contributed by atoms with Crippen LogP contribution in [-0.4, -0.2) is 22.3 Å². The van der Waals surface area contributed by atoms with E-state index < -0.39 is 8.03 Å². The Bertz CT molecular complexity index is 137. The smallest absolute Gasteiger partial charge is 0.393 e. The van der Waals surface area contributed by atoms with Crippen LogP contribution in [0.4, 0.5) is 0 Å². The van der Waals surface area contributed by atoms with E-state index in [0.717, 1.165) is 12.8 Å². The van der Waals surface area contributed by atoms with E-state index in [-0.39, 0.29) is 12.0 Å². The average molecular weight is 163 g/mol. The van der Waals surface area contributed by atoms with E-state index in [2.05, 4.69) is 0 Å². The molecular weight excluding hydrogens is 151 g/mol. The molecule has 3 unspecified atom stereocenters. The Balaban J connectivity index is 2.24. The van der Waals surface area contributed by atoms with E-state index in [4.69, 9.17) is 10.00 Å². The van der Waals surface area contributed by atoms with Gasteiger partial charge >= 0.3 is 8.03 Å². The van der Waals surface area contributed by atoms with Crippen molar-refractivity contribution in [1.82, 2.24) is 0 Å². The number of aliphatic hydroxyl groups excluding tert-OH is 1. The summed E-state index contributed by atoms with van der Waals surface area (Å²) in [6.45, 7) is 0. The molecule has 1 aliphatic carbocycles. The molecule has 3 atom stereocenters. The quantitative estimate of drug-likeness (QED) is 0.594. The summed E-state index contributed by atoms with van der Waals surface area (Å²) in [6, 6.07) is 0. The Morgan fingerprint density at radius 2 is 2.20 bits per heavy atom. The maximum Gasteiger partial charge on any atom is 0.505 e. The van der Waals surface area contributed by atoms with Gasteiger partial charge in [0.15, 0.2) is 6.16 Å². The van der Waals surface area contributed by atoms with Gasteiger partial charge in [0, 0.05) is 5.92 Å². The van der Waals surface area contributed by atoms with Crippen molar-refractivity contribution in [3.63, 3.8) is 0 Å². The van der Waals surface area contributed by atoms with E-state index in [1.807, 2.05) is 0 Å². The maximum atomic E-state index is 10.3. The third-order valence-corrected chi connectivity index (χ3v) is 2.76. The number of aliphatic hydroxyl groups is 1. The summed E-state index contributed by atoms with van der Waals surface area (Å²) < 4.78 is 10.3. The van der Waals surface area contributed by atoms with Crippen molar-refractivity contribution in [2.24, 2.45) is 5.92 Å². The molecule has 1 fully saturated rings. The summed E-state index contributed by atoms with van der Waals surface area (Å²) in [5.74, 6) is 0.281. The molecular formula is C6H12O3P+. The predicted molar refractivity (Wildman–Crippen MR) is 38.0 cm³/mol. The van der Waals surface area contributed by atoms with Gasteiger partial charge in [-0.15, -0.1) is 0 Å². The van der Waals surface area contributed by atoms with Gasteiger partial charge in [-0.3, -0.25) is 0 Å². The van der Waals surface area contributed by atoms with Gasteiger partial charge in [-0.05, 0) is 23.8 Å². The van der Waals surface area contributed by atoms with Crippen molar-refractivity contribution in [3.05, 3.63) is 0 Å². The van der Waals surface area contributed by atoms with Crippen LogP contribution in [0.1, 0.15) is 19.3 Å². The molecule has 0 aromatic rings. The monoisotopic (exact) mass is 163 g/mol. The fourth-order valence-electron chi connectivity index (χ4n) is 1.44. The van der Waals surface area contributed by atoms with Gasteiger partial charge in [0.05, 0.1) is 6.10 Å². The lowest BCUT2D eigenvalue weighted by molar-refractivity contribution is 0.179. The zero-order valence-electron chi connectivity index (χ0n) is 5.73. The number of hydrogen-bond donors (Lipinski definition) is 2. The summed E-state index contributed by atoms with van der Waals surface area (Å²) in [4.78, 5) is 8.53. The van der Waals surface area contributed by atoms with Crippen LogP contribution in [0.25, 0.3) is 0 Å². The third-order valence-electron chi connectivity index (χ3n) is 1.93. The lowest BCUT2D eigenvalue weighted by atomic mass is 10.1. The molecule has 0 saturated heterocycles. The first-order chi connectivity index (χ1) is 4.68. The summed E-state index contributed by atoms with van der Waals surface area (Å²) in [7, 11) is -1.99. The molecule has 3 nitrogen and oxygen atoms in total. The molecule has 0 radical (unpaired) electrons. The second-order valence-electron chi connectivity index (χ2n) is 2.87. The minimum Gasteiger partial charge on any atom is -0.393 e. The Morgan fingerprint density at radius 3 is 2.60 bits per heavy atom. The van der Waals surface area contributed by atoms with Crippen LogP contribution in [0.5, 0.6) is 0 Å². The standard InChI is InChI=1S/C6H11O3P/c7-6-2-1-5(3-6)4-10(8)9/h5-7H,1-4H2/p+1. The predicted octanol–water partition coefficient (Wildman–Crippen LogP) is 0.882. The highest BCUT2D eigenvalue weighted by atomic mass is 31.1. The van der Waals surface area contributed by atoms with Crippen LogP contribution < -0.4 is 0 Å². The van der Waals surface area contributed by atoms with E-state index in [1.54, 1.807) is 0 Å². The van der Waals surface area contributed by atoms with Crippen LogP contribution in [0, 0.1) is 5.92 Å². The second kappa shape index (κ2) is 3.42. The van der Waals surface area contributed by atoms with E-state index in [9.17, 15) is 4.57 Å². The Labute approximate surface area is 60.9 Å². The molecule has 1 rings (SSSR count). The summed E-state index contributed by atoms with van der Waals surface area (Å²) in [6.07, 6.45) is 2.56. The topological polar surface area (TPSA) is 57.5 Å². The second-order valence-corrected chi connectivity index (χ2v) is 3.94. The molecule has 0 aromatic carbocycles. The fourth-order valence-corrected chi connectivity index (χ4v) is 2.21. The normalized spacial score (nSPS) is 34.4. The van der Waals surface area contributed by atoms with Gasteiger partial charge in [0.25, 0.3) is 0 Å². The lowest BCUT2D eigenvalue weighted by Gasteiger charge is -1.97. The molecule has 1 aliphatic rings. The van der Waals surface area contributed by atoms with Crippen molar-refractivity contribution in [2.75, 3.05) is 6.16 Å². The summed E-state index contributed by atoms with van der Waals surface area (Å²) in [5, 5.41) is 9.04. The molecule has 0 amide bonds. The minimum atomic E-state index is -1.99. The van der Waals surface area contributed by atoms with Gasteiger partial charge in [0.1, 0.15) is 0 Å². The zero-order valence-corrected chi connectivity index (χ0v) is 6.63. The third kappa shape index (κ3) is 2.33. The van der Waals surface area contributed by atoms with Crippen LogP contribution in [0.15, 0.2) is 0 Å². The SMILES string of the molecule is O=[P+](O)CC1CCC(O)C1. The molecule has 0 aliphatic heterocycles. The first kappa shape index (κ1) is 8.12. The van der Waals surface area contributed by atoms with Crippen molar-refractivity contribution in [3.8, 4) is 0 Å². The van der Waals surface area contributed by atoms with Gasteiger partial charge in [-0.25, -0.2) is 0 Å². The highest BCUT2D eigenvalue weighted by molar-refractivity contribution is 7.38. The van der Waals surface area contributed by atoms with Gasteiger partial charge in [-0.2, -0.15) is 4.89 Å². The Hall–Kier alpha value is 0.0200. The summed E-state index contributed by atoms with van der Waals surface area (Å²) in [5.41, 5.74) is 0. The molecule has 1 saturated carbocycles. The number of rotatable bonds is 2. The van der Waals surface area contributed by atoms with E-state index in [1.165, 1.54) is 0 Å². The molecule has 58 valence electrons.